The van der Waals surface area contributed by atoms with E-state index in [0.29, 0.717) is 18.1 Å². The lowest BCUT2D eigenvalue weighted by Crippen LogP contribution is -2.70. The molecule has 4 saturated carbocycles. The molecule has 4 aliphatic carbocycles. The van der Waals surface area contributed by atoms with Crippen LogP contribution < -0.4 is 5.32 Å². The molecule has 1 amide bonds. The topological polar surface area (TPSA) is 145 Å². The van der Waals surface area contributed by atoms with Crippen LogP contribution in [0, 0.1) is 23.2 Å². The second-order valence-electron chi connectivity index (χ2n) is 17.5. The Labute approximate surface area is 304 Å². The van der Waals surface area contributed by atoms with Gasteiger partial charge in [-0.2, -0.15) is 5.06 Å². The van der Waals surface area contributed by atoms with E-state index >= 15 is 0 Å². The summed E-state index contributed by atoms with van der Waals surface area (Å²) in [5, 5.41) is 15.0. The summed E-state index contributed by atoms with van der Waals surface area (Å²) in [6, 6.07) is 6.36. The number of allylic oxidation sites excluding steroid dienone is 1. The number of aliphatic hydroxyl groups is 1. The van der Waals surface area contributed by atoms with Crippen molar-refractivity contribution < 1.29 is 48.0 Å². The number of hydrogen-bond donors (Lipinski definition) is 2. The number of amides is 1. The van der Waals surface area contributed by atoms with E-state index in [1.165, 1.54) is 0 Å². The number of epoxide rings is 1. The van der Waals surface area contributed by atoms with Crippen molar-refractivity contribution in [2.45, 2.75) is 152 Å². The smallest absolute Gasteiger partial charge is 0.327 e. The first kappa shape index (κ1) is 34.9. The molecule has 0 aromatic heterocycles. The SMILES string of the molecule is CC(C)(C)OC(=O)CC[C@@H](CO)NC(=O)[C@@]12C[C@H]3OC(=O)[C@@H]1N(Cc1cccc(C=CC4CCC5OC5C4)c1)O[C@@H]2[C@H]1OC(C2CC2)(C2CC2)O[C@H]13. The first-order valence-corrected chi connectivity index (χ1v) is 19.5. The van der Waals surface area contributed by atoms with Gasteiger partial charge in [0.1, 0.15) is 35.4 Å². The minimum Gasteiger partial charge on any atom is -0.460 e. The van der Waals surface area contributed by atoms with Crippen molar-refractivity contribution >= 4 is 23.9 Å². The van der Waals surface area contributed by atoms with E-state index in [1.54, 1.807) is 25.8 Å². The number of aliphatic hydroxyl groups excluding tert-OH is 1. The van der Waals surface area contributed by atoms with E-state index < -0.39 is 71.1 Å². The van der Waals surface area contributed by atoms with Crippen LogP contribution in [0.2, 0.25) is 0 Å². The quantitative estimate of drug-likeness (QED) is 0.239. The third kappa shape index (κ3) is 6.30. The molecule has 9 rings (SSSR count). The summed E-state index contributed by atoms with van der Waals surface area (Å²) in [6.45, 7) is 5.25. The second-order valence-corrected chi connectivity index (χ2v) is 17.5. The van der Waals surface area contributed by atoms with Crippen LogP contribution in [0.4, 0.5) is 0 Å². The van der Waals surface area contributed by atoms with Gasteiger partial charge in [-0.1, -0.05) is 36.4 Å². The molecule has 4 saturated heterocycles. The first-order valence-electron chi connectivity index (χ1n) is 19.5. The van der Waals surface area contributed by atoms with Gasteiger partial charge in [0.05, 0.1) is 31.4 Å². The highest BCUT2D eigenvalue weighted by molar-refractivity contribution is 5.93. The normalized spacial score (nSPS) is 38.0. The van der Waals surface area contributed by atoms with Crippen LogP contribution in [-0.4, -0.2) is 94.7 Å². The van der Waals surface area contributed by atoms with Gasteiger partial charge in [0.15, 0.2) is 11.8 Å². The molecule has 2 bridgehead atoms. The van der Waals surface area contributed by atoms with Crippen LogP contribution in [0.15, 0.2) is 30.3 Å². The molecule has 2 N–H and O–H groups in total. The number of hydroxylamine groups is 2. The summed E-state index contributed by atoms with van der Waals surface area (Å²) in [4.78, 5) is 48.2. The second kappa shape index (κ2) is 12.9. The number of nitrogens with zero attached hydrogens (tertiary/aromatic N) is 1. The van der Waals surface area contributed by atoms with Crippen LogP contribution in [0.25, 0.3) is 6.08 Å². The molecule has 12 nitrogen and oxygen atoms in total. The largest absolute Gasteiger partial charge is 0.460 e. The number of carbonyl (C=O) groups is 3. The van der Waals surface area contributed by atoms with Crippen LogP contribution in [0.1, 0.15) is 96.1 Å². The molecule has 3 unspecified atom stereocenters. The Hall–Kier alpha value is -2.87. The number of carbonyl (C=O) groups excluding carboxylic acids is 3. The molecule has 4 aliphatic heterocycles. The molecule has 8 fully saturated rings. The fourth-order valence-corrected chi connectivity index (χ4v) is 9.71. The average molecular weight is 721 g/mol. The van der Waals surface area contributed by atoms with Crippen LogP contribution >= 0.6 is 0 Å². The maximum atomic E-state index is 14.8. The van der Waals surface area contributed by atoms with Gasteiger partial charge in [-0.25, -0.2) is 0 Å². The lowest BCUT2D eigenvalue weighted by molar-refractivity contribution is -0.235. The van der Waals surface area contributed by atoms with E-state index in [4.69, 9.17) is 28.5 Å². The van der Waals surface area contributed by atoms with Crippen molar-refractivity contribution in [3.05, 3.63) is 41.5 Å². The fourth-order valence-electron chi connectivity index (χ4n) is 9.71. The van der Waals surface area contributed by atoms with Gasteiger partial charge in [0, 0.05) is 24.7 Å². The summed E-state index contributed by atoms with van der Waals surface area (Å²) >= 11 is 0. The van der Waals surface area contributed by atoms with Gasteiger partial charge in [-0.15, -0.1) is 0 Å². The Morgan fingerprint density at radius 3 is 2.54 bits per heavy atom. The molecule has 0 spiro atoms. The highest BCUT2D eigenvalue weighted by Crippen LogP contribution is 2.63. The number of esters is 2. The molecule has 1 aromatic rings. The highest BCUT2D eigenvalue weighted by atomic mass is 16.8. The fraction of sp³-hybridized carbons (Fsp3) is 0.725. The molecule has 282 valence electrons. The number of hydrogen-bond acceptors (Lipinski definition) is 11. The number of ether oxygens (including phenoxy) is 5. The molecule has 0 radical (unpaired) electrons. The number of benzene rings is 1. The molecule has 8 aliphatic rings. The van der Waals surface area contributed by atoms with Gasteiger partial charge in [0.2, 0.25) is 5.91 Å². The standard InChI is InChI=1S/C40H52N2O10/c1-38(2,3)49-31(44)16-14-27(21-43)41-37(46)39-19-30-32-33(51-40(50-32,25-10-11-25)26-12-13-26)35(39)52-42(34(39)36(45)48-30)20-24-6-4-5-22(17-24)7-8-23-9-15-28-29(18-23)47-28/h4-8,17,23,25-30,32-35,43H,9-16,18-21H2,1-3H3,(H,41,46)/t23?,27-,28?,29?,30+,32-,33-,34-,35+,39-/m0/s1. The number of fused-ring (bicyclic) bond motifs is 5. The Kier molecular flexibility index (Phi) is 8.63. The summed E-state index contributed by atoms with van der Waals surface area (Å²) < 4.78 is 31.2. The zero-order valence-corrected chi connectivity index (χ0v) is 30.4. The maximum absolute atomic E-state index is 14.8. The van der Waals surface area contributed by atoms with Crippen molar-refractivity contribution in [2.24, 2.45) is 23.2 Å². The van der Waals surface area contributed by atoms with E-state index in [9.17, 15) is 19.5 Å². The minimum absolute atomic E-state index is 0.0171. The summed E-state index contributed by atoms with van der Waals surface area (Å²) in [7, 11) is 0. The van der Waals surface area contributed by atoms with E-state index in [2.05, 4.69) is 29.6 Å². The number of rotatable bonds is 12. The molecule has 12 heteroatoms. The molecule has 52 heavy (non-hydrogen) atoms. The predicted octanol–water partition coefficient (Wildman–Crippen LogP) is 3.97. The van der Waals surface area contributed by atoms with Crippen molar-refractivity contribution in [3.63, 3.8) is 0 Å². The van der Waals surface area contributed by atoms with Crippen LogP contribution in [-0.2, 0) is 49.5 Å². The first-order chi connectivity index (χ1) is 25.0. The van der Waals surface area contributed by atoms with Gasteiger partial charge < -0.3 is 34.1 Å². The molecule has 4 heterocycles. The van der Waals surface area contributed by atoms with Crippen molar-refractivity contribution in [3.8, 4) is 0 Å². The monoisotopic (exact) mass is 720 g/mol. The lowest BCUT2D eigenvalue weighted by Gasteiger charge is -2.49. The molecule has 1 aromatic carbocycles. The van der Waals surface area contributed by atoms with Crippen LogP contribution in [0.5, 0.6) is 0 Å². The Morgan fingerprint density at radius 1 is 1.06 bits per heavy atom. The van der Waals surface area contributed by atoms with Crippen molar-refractivity contribution in [2.75, 3.05) is 6.61 Å². The average Bonchev–Trinajstić information content (AvgIpc) is 4.00. The van der Waals surface area contributed by atoms with Crippen LogP contribution in [0.3, 0.4) is 0 Å². The van der Waals surface area contributed by atoms with Crippen molar-refractivity contribution in [1.29, 1.82) is 0 Å². The lowest BCUT2D eigenvalue weighted by atomic mass is 9.62. The zero-order valence-electron chi connectivity index (χ0n) is 30.4. The molecular formula is C40H52N2O10. The van der Waals surface area contributed by atoms with Gasteiger partial charge in [0.25, 0.3) is 0 Å². The third-order valence-corrected chi connectivity index (χ3v) is 12.5. The Bertz CT molecular complexity index is 1600. The summed E-state index contributed by atoms with van der Waals surface area (Å²) in [5.74, 6) is -1.08. The highest BCUT2D eigenvalue weighted by Gasteiger charge is 2.78. The van der Waals surface area contributed by atoms with Crippen molar-refractivity contribution in [1.82, 2.24) is 10.4 Å². The molecular weight excluding hydrogens is 668 g/mol. The Balaban J connectivity index is 0.988. The van der Waals surface area contributed by atoms with E-state index in [1.807, 2.05) is 12.1 Å². The molecule has 10 atom stereocenters. The number of nitrogens with one attached hydrogen (secondary N) is 1. The van der Waals surface area contributed by atoms with E-state index in [0.717, 1.165) is 56.1 Å². The van der Waals surface area contributed by atoms with Gasteiger partial charge >= 0.3 is 11.9 Å². The summed E-state index contributed by atoms with van der Waals surface area (Å²) in [6.07, 6.45) is 10.4. The predicted molar refractivity (Wildman–Crippen MR) is 185 cm³/mol. The maximum Gasteiger partial charge on any atom is 0.327 e. The Morgan fingerprint density at radius 2 is 1.83 bits per heavy atom. The summed E-state index contributed by atoms with van der Waals surface area (Å²) in [5.41, 5.74) is -0.0380. The zero-order chi connectivity index (χ0) is 36.0. The van der Waals surface area contributed by atoms with E-state index in [-0.39, 0.29) is 44.2 Å². The van der Waals surface area contributed by atoms with Gasteiger partial charge in [-0.3, -0.25) is 19.2 Å². The van der Waals surface area contributed by atoms with Gasteiger partial charge in [-0.05, 0) is 89.2 Å². The minimum atomic E-state index is -1.37. The third-order valence-electron chi connectivity index (χ3n) is 12.5.